The van der Waals surface area contributed by atoms with Gasteiger partial charge in [-0.3, -0.25) is 9.36 Å². The second-order valence-electron chi connectivity index (χ2n) is 7.26. The summed E-state index contributed by atoms with van der Waals surface area (Å²) in [6.07, 6.45) is 7.27. The number of rotatable bonds is 6. The van der Waals surface area contributed by atoms with E-state index in [0.29, 0.717) is 17.1 Å². The van der Waals surface area contributed by atoms with E-state index < -0.39 is 0 Å². The van der Waals surface area contributed by atoms with Gasteiger partial charge in [0.1, 0.15) is 6.33 Å². The number of hydrogen-bond acceptors (Lipinski definition) is 5. The fourth-order valence-electron chi connectivity index (χ4n) is 3.07. The van der Waals surface area contributed by atoms with E-state index in [1.807, 2.05) is 22.9 Å². The zero-order valence-electron chi connectivity index (χ0n) is 16.9. The number of hydrogen-bond donors (Lipinski definition) is 0. The van der Waals surface area contributed by atoms with Crippen molar-refractivity contribution in [1.82, 2.24) is 19.5 Å². The van der Waals surface area contributed by atoms with E-state index in [0.717, 1.165) is 17.0 Å². The Balaban J connectivity index is 1.70. The van der Waals surface area contributed by atoms with Gasteiger partial charge in [0, 0.05) is 42.0 Å². The predicted octanol–water partition coefficient (Wildman–Crippen LogP) is 4.52. The highest BCUT2D eigenvalue weighted by Gasteiger charge is 2.12. The highest BCUT2D eigenvalue weighted by molar-refractivity contribution is 7.98. The highest BCUT2D eigenvalue weighted by Crippen LogP contribution is 2.24. The summed E-state index contributed by atoms with van der Waals surface area (Å²) in [6, 6.07) is 16.6. The van der Waals surface area contributed by atoms with Crippen LogP contribution in [0.5, 0.6) is 0 Å². The summed E-state index contributed by atoms with van der Waals surface area (Å²) in [7, 11) is 0. The molecule has 0 unspecified atom stereocenters. The predicted molar refractivity (Wildman–Crippen MR) is 120 cm³/mol. The number of aromatic nitrogens is 4. The maximum Gasteiger partial charge on any atom is 0.277 e. The second-order valence-corrected chi connectivity index (χ2v) is 8.20. The topological polar surface area (TPSA) is 60.7 Å². The van der Waals surface area contributed by atoms with Crippen LogP contribution in [-0.4, -0.2) is 19.5 Å². The molecule has 0 atom stereocenters. The fourth-order valence-corrected chi connectivity index (χ4v) is 4.00. The Morgan fingerprint density at radius 3 is 2.17 bits per heavy atom. The van der Waals surface area contributed by atoms with Crippen LogP contribution in [0.4, 0.5) is 0 Å². The molecule has 0 aliphatic heterocycles. The van der Waals surface area contributed by atoms with Crippen LogP contribution in [0.1, 0.15) is 27.8 Å². The third-order valence-electron chi connectivity index (χ3n) is 4.77. The molecule has 0 radical (unpaired) electrons. The molecule has 2 aromatic carbocycles. The molecule has 2 heterocycles. The van der Waals surface area contributed by atoms with Gasteiger partial charge in [0.15, 0.2) is 5.16 Å². The first-order chi connectivity index (χ1) is 14.6. The summed E-state index contributed by atoms with van der Waals surface area (Å²) in [5.74, 6) is 0.741. The lowest BCUT2D eigenvalue weighted by Gasteiger charge is -2.14. The van der Waals surface area contributed by atoms with Crippen LogP contribution in [0.25, 0.3) is 5.69 Å². The molecule has 0 N–H and O–H groups in total. The average molecular weight is 415 g/mol. The van der Waals surface area contributed by atoms with Gasteiger partial charge in [0.2, 0.25) is 0 Å². The molecule has 0 aliphatic rings. The Bertz CT molecular complexity index is 1190. The average Bonchev–Trinajstić information content (AvgIpc) is 2.76. The van der Waals surface area contributed by atoms with Crippen LogP contribution in [0.15, 0.2) is 83.4 Å². The highest BCUT2D eigenvalue weighted by atomic mass is 32.2. The minimum absolute atomic E-state index is 0.214. The van der Waals surface area contributed by atoms with E-state index in [1.54, 1.807) is 24.2 Å². The molecule has 0 aliphatic carbocycles. The van der Waals surface area contributed by atoms with Gasteiger partial charge < -0.3 is 0 Å². The van der Waals surface area contributed by atoms with Crippen molar-refractivity contribution in [2.45, 2.75) is 31.2 Å². The van der Waals surface area contributed by atoms with Crippen molar-refractivity contribution in [3.05, 3.63) is 112 Å². The van der Waals surface area contributed by atoms with E-state index in [-0.39, 0.29) is 5.56 Å². The third-order valence-corrected chi connectivity index (χ3v) is 5.80. The standard InChI is InChI=1S/C24H22N4OS/c1-17-3-7-19(8-4-17)15-30-24-27-23(29)21(11-20-12-25-16-26-13-20)14-28(24)22-9-5-18(2)6-10-22/h3-10,12-14,16H,11,15H2,1-2H3. The first-order valence-corrected chi connectivity index (χ1v) is 10.7. The Hall–Kier alpha value is -3.25. The van der Waals surface area contributed by atoms with Crippen LogP contribution in [0.2, 0.25) is 0 Å². The Morgan fingerprint density at radius 1 is 0.867 bits per heavy atom. The van der Waals surface area contributed by atoms with Crippen LogP contribution in [-0.2, 0) is 12.2 Å². The van der Waals surface area contributed by atoms with E-state index in [4.69, 9.17) is 0 Å². The van der Waals surface area contributed by atoms with Crippen molar-refractivity contribution in [3.8, 4) is 5.69 Å². The first-order valence-electron chi connectivity index (χ1n) is 9.70. The summed E-state index contributed by atoms with van der Waals surface area (Å²) in [6.45, 7) is 4.13. The van der Waals surface area contributed by atoms with Gasteiger partial charge in [-0.05, 0) is 37.1 Å². The quantitative estimate of drug-likeness (QED) is 0.343. The lowest BCUT2D eigenvalue weighted by Crippen LogP contribution is -2.19. The third kappa shape index (κ3) is 4.83. The van der Waals surface area contributed by atoms with Gasteiger partial charge in [-0.1, -0.05) is 59.3 Å². The van der Waals surface area contributed by atoms with E-state index in [2.05, 4.69) is 65.2 Å². The van der Waals surface area contributed by atoms with Gasteiger partial charge in [0.25, 0.3) is 5.56 Å². The zero-order valence-corrected chi connectivity index (χ0v) is 17.8. The van der Waals surface area contributed by atoms with Crippen molar-refractivity contribution in [2.24, 2.45) is 0 Å². The Kier molecular flexibility index (Phi) is 6.05. The first kappa shape index (κ1) is 20.0. The van der Waals surface area contributed by atoms with E-state index in [9.17, 15) is 4.79 Å². The van der Waals surface area contributed by atoms with E-state index in [1.165, 1.54) is 23.0 Å². The van der Waals surface area contributed by atoms with Crippen LogP contribution in [0, 0.1) is 13.8 Å². The number of aryl methyl sites for hydroxylation is 2. The molecule has 0 fully saturated rings. The molecule has 150 valence electrons. The Labute approximate surface area is 179 Å². The molecular weight excluding hydrogens is 392 g/mol. The van der Waals surface area contributed by atoms with Crippen molar-refractivity contribution in [1.29, 1.82) is 0 Å². The summed E-state index contributed by atoms with van der Waals surface area (Å²) in [5, 5.41) is 0.678. The minimum Gasteiger partial charge on any atom is -0.296 e. The SMILES string of the molecule is Cc1ccc(CSc2nc(=O)c(Cc3cncnc3)cn2-c2ccc(C)cc2)cc1. The number of thioether (sulfide) groups is 1. The van der Waals surface area contributed by atoms with Crippen molar-refractivity contribution >= 4 is 11.8 Å². The number of benzene rings is 2. The largest absolute Gasteiger partial charge is 0.296 e. The summed E-state index contributed by atoms with van der Waals surface area (Å²) in [4.78, 5) is 25.3. The van der Waals surface area contributed by atoms with E-state index >= 15 is 0 Å². The Morgan fingerprint density at radius 2 is 1.50 bits per heavy atom. The van der Waals surface area contributed by atoms with Gasteiger partial charge in [0.05, 0.1) is 0 Å². The molecule has 4 aromatic rings. The number of nitrogens with zero attached hydrogens (tertiary/aromatic N) is 4. The maximum atomic E-state index is 12.8. The molecule has 0 spiro atoms. The monoisotopic (exact) mass is 414 g/mol. The van der Waals surface area contributed by atoms with Crippen molar-refractivity contribution in [2.75, 3.05) is 0 Å². The summed E-state index contributed by atoms with van der Waals surface area (Å²) >= 11 is 1.56. The molecular formula is C24H22N4OS. The van der Waals surface area contributed by atoms with Crippen LogP contribution >= 0.6 is 11.8 Å². The summed E-state index contributed by atoms with van der Waals surface area (Å²) in [5.41, 5.74) is 5.87. The second kappa shape index (κ2) is 9.05. The van der Waals surface area contributed by atoms with Crippen LogP contribution in [0.3, 0.4) is 0 Å². The zero-order chi connectivity index (χ0) is 20.9. The van der Waals surface area contributed by atoms with Gasteiger partial charge in [-0.25, -0.2) is 9.97 Å². The molecule has 0 amide bonds. The molecule has 0 bridgehead atoms. The fraction of sp³-hybridized carbons (Fsp3) is 0.167. The molecule has 30 heavy (non-hydrogen) atoms. The van der Waals surface area contributed by atoms with Crippen LogP contribution < -0.4 is 5.56 Å². The smallest absolute Gasteiger partial charge is 0.277 e. The van der Waals surface area contributed by atoms with Gasteiger partial charge >= 0.3 is 0 Å². The molecule has 0 saturated carbocycles. The normalized spacial score (nSPS) is 10.9. The molecule has 2 aromatic heterocycles. The molecule has 0 saturated heterocycles. The van der Waals surface area contributed by atoms with Crippen molar-refractivity contribution < 1.29 is 0 Å². The lowest BCUT2D eigenvalue weighted by molar-refractivity contribution is 0.789. The lowest BCUT2D eigenvalue weighted by atomic mass is 10.1. The summed E-state index contributed by atoms with van der Waals surface area (Å²) < 4.78 is 2.00. The van der Waals surface area contributed by atoms with Crippen molar-refractivity contribution in [3.63, 3.8) is 0 Å². The molecule has 6 heteroatoms. The molecule has 5 nitrogen and oxygen atoms in total. The molecule has 4 rings (SSSR count). The minimum atomic E-state index is -0.214. The van der Waals surface area contributed by atoms with Gasteiger partial charge in [-0.15, -0.1) is 0 Å². The maximum absolute atomic E-state index is 12.8. The van der Waals surface area contributed by atoms with Gasteiger partial charge in [-0.2, -0.15) is 4.98 Å².